The van der Waals surface area contributed by atoms with Crippen LogP contribution in [0.25, 0.3) is 0 Å². The zero-order valence-electron chi connectivity index (χ0n) is 11.0. The van der Waals surface area contributed by atoms with Gasteiger partial charge in [0.05, 0.1) is 4.90 Å². The van der Waals surface area contributed by atoms with Crippen molar-refractivity contribution in [2.75, 3.05) is 5.32 Å². The van der Waals surface area contributed by atoms with Crippen LogP contribution in [0, 0.1) is 0 Å². The lowest BCUT2D eigenvalue weighted by molar-refractivity contribution is 0.102. The molecule has 2 aromatic rings. The van der Waals surface area contributed by atoms with E-state index in [2.05, 4.69) is 21.2 Å². The number of hydrogen-bond acceptors (Lipinski definition) is 3. The van der Waals surface area contributed by atoms with Gasteiger partial charge in [0.25, 0.3) is 5.91 Å². The molecule has 0 unspecified atom stereocenters. The summed E-state index contributed by atoms with van der Waals surface area (Å²) in [4.78, 5) is 11.4. The Kier molecular flexibility index (Phi) is 4.92. The van der Waals surface area contributed by atoms with Crippen LogP contribution in [-0.2, 0) is 9.84 Å². The number of hydrogen-bond donors (Lipinski definition) is 1. The van der Waals surface area contributed by atoms with Crippen molar-refractivity contribution >= 4 is 37.4 Å². The highest BCUT2D eigenvalue weighted by Gasteiger charge is 2.26. The van der Waals surface area contributed by atoms with Crippen LogP contribution >= 0.6 is 15.9 Å². The number of alkyl halides is 2. The van der Waals surface area contributed by atoms with Crippen molar-refractivity contribution in [1.29, 1.82) is 0 Å². The number of nitrogens with one attached hydrogen (secondary N) is 1. The third-order valence-electron chi connectivity index (χ3n) is 2.78. The van der Waals surface area contributed by atoms with Crippen LogP contribution in [0.2, 0.25) is 0 Å². The van der Waals surface area contributed by atoms with Gasteiger partial charge in [0, 0.05) is 15.7 Å². The summed E-state index contributed by atoms with van der Waals surface area (Å²) in [5, 5.41) is 2.61. The maximum atomic E-state index is 12.4. The molecule has 0 bridgehead atoms. The first-order valence-electron chi connectivity index (χ1n) is 6.00. The van der Waals surface area contributed by atoms with Crippen LogP contribution in [0.15, 0.2) is 57.9 Å². The highest BCUT2D eigenvalue weighted by molar-refractivity contribution is 9.10. The molecule has 0 aliphatic rings. The number of sulfone groups is 1. The van der Waals surface area contributed by atoms with Crippen LogP contribution in [0.5, 0.6) is 0 Å². The number of carbonyl (C=O) groups is 1. The van der Waals surface area contributed by atoms with E-state index < -0.39 is 26.4 Å². The Morgan fingerprint density at radius 2 is 1.55 bits per heavy atom. The van der Waals surface area contributed by atoms with Crippen molar-refractivity contribution in [2.45, 2.75) is 10.7 Å². The minimum atomic E-state index is -4.65. The SMILES string of the molecule is O=C(Nc1ccc(Br)cc1)c1ccc(S(=O)(=O)C(F)F)cc1. The van der Waals surface area contributed by atoms with E-state index in [0.717, 1.165) is 16.6 Å². The second-order valence-corrected chi connectivity index (χ2v) is 7.12. The minimum absolute atomic E-state index is 0.163. The molecule has 2 aromatic carbocycles. The summed E-state index contributed by atoms with van der Waals surface area (Å²) in [7, 11) is -4.65. The molecular formula is C14H10BrF2NO3S. The first kappa shape index (κ1) is 16.6. The van der Waals surface area contributed by atoms with Gasteiger partial charge in [-0.15, -0.1) is 0 Å². The predicted molar refractivity (Wildman–Crippen MR) is 81.7 cm³/mol. The Balaban J connectivity index is 2.16. The van der Waals surface area contributed by atoms with Gasteiger partial charge in [-0.3, -0.25) is 4.79 Å². The van der Waals surface area contributed by atoms with E-state index in [0.29, 0.717) is 5.69 Å². The quantitative estimate of drug-likeness (QED) is 0.866. The predicted octanol–water partition coefficient (Wildman–Crippen LogP) is 3.70. The molecule has 0 saturated heterocycles. The van der Waals surface area contributed by atoms with Crippen molar-refractivity contribution in [3.63, 3.8) is 0 Å². The molecule has 1 amide bonds. The van der Waals surface area contributed by atoms with E-state index in [4.69, 9.17) is 0 Å². The molecule has 8 heteroatoms. The molecule has 0 heterocycles. The summed E-state index contributed by atoms with van der Waals surface area (Å²) in [6.45, 7) is 0. The number of anilines is 1. The lowest BCUT2D eigenvalue weighted by Crippen LogP contribution is -2.14. The second kappa shape index (κ2) is 6.53. The van der Waals surface area contributed by atoms with Crippen LogP contribution in [0.1, 0.15) is 10.4 Å². The molecule has 116 valence electrons. The number of amides is 1. The maximum Gasteiger partial charge on any atom is 0.341 e. The fourth-order valence-corrected chi connectivity index (χ4v) is 2.62. The van der Waals surface area contributed by atoms with Crippen LogP contribution < -0.4 is 5.32 Å². The molecule has 0 fully saturated rings. The third-order valence-corrected chi connectivity index (χ3v) is 4.71. The van der Waals surface area contributed by atoms with Gasteiger partial charge in [0.2, 0.25) is 9.84 Å². The van der Waals surface area contributed by atoms with Crippen molar-refractivity contribution in [2.24, 2.45) is 0 Å². The van der Waals surface area contributed by atoms with Crippen molar-refractivity contribution in [1.82, 2.24) is 0 Å². The third kappa shape index (κ3) is 3.69. The molecule has 0 saturated carbocycles. The molecule has 1 N–H and O–H groups in total. The van der Waals surface area contributed by atoms with E-state index in [-0.39, 0.29) is 5.56 Å². The Morgan fingerprint density at radius 3 is 2.05 bits per heavy atom. The van der Waals surface area contributed by atoms with Gasteiger partial charge in [0.15, 0.2) is 0 Å². The fraction of sp³-hybridized carbons (Fsp3) is 0.0714. The van der Waals surface area contributed by atoms with Crippen molar-refractivity contribution in [3.8, 4) is 0 Å². The molecule has 0 spiro atoms. The van der Waals surface area contributed by atoms with Gasteiger partial charge in [0.1, 0.15) is 0 Å². The average Bonchev–Trinajstić information content (AvgIpc) is 2.49. The zero-order valence-corrected chi connectivity index (χ0v) is 13.4. The van der Waals surface area contributed by atoms with Gasteiger partial charge in [-0.2, -0.15) is 8.78 Å². The van der Waals surface area contributed by atoms with Crippen molar-refractivity contribution in [3.05, 3.63) is 58.6 Å². The lowest BCUT2D eigenvalue weighted by atomic mass is 10.2. The summed E-state index contributed by atoms with van der Waals surface area (Å²) < 4.78 is 48.2. The maximum absolute atomic E-state index is 12.4. The van der Waals surface area contributed by atoms with Crippen LogP contribution in [0.4, 0.5) is 14.5 Å². The topological polar surface area (TPSA) is 63.2 Å². The number of benzene rings is 2. The van der Waals surface area contributed by atoms with Gasteiger partial charge in [-0.25, -0.2) is 8.42 Å². The van der Waals surface area contributed by atoms with Gasteiger partial charge >= 0.3 is 5.76 Å². The Morgan fingerprint density at radius 1 is 1.00 bits per heavy atom. The molecule has 0 aromatic heterocycles. The lowest BCUT2D eigenvalue weighted by Gasteiger charge is -2.07. The normalized spacial score (nSPS) is 11.5. The highest BCUT2D eigenvalue weighted by Crippen LogP contribution is 2.19. The summed E-state index contributed by atoms with van der Waals surface area (Å²) >= 11 is 3.26. The summed E-state index contributed by atoms with van der Waals surface area (Å²) in [6.07, 6.45) is 0. The number of rotatable bonds is 4. The molecular weight excluding hydrogens is 380 g/mol. The molecule has 4 nitrogen and oxygen atoms in total. The van der Waals surface area contributed by atoms with Gasteiger partial charge in [-0.1, -0.05) is 15.9 Å². The molecule has 0 aliphatic carbocycles. The monoisotopic (exact) mass is 389 g/mol. The van der Waals surface area contributed by atoms with Crippen LogP contribution in [-0.4, -0.2) is 20.1 Å². The molecule has 2 rings (SSSR count). The minimum Gasteiger partial charge on any atom is -0.322 e. The zero-order chi connectivity index (χ0) is 16.3. The Hall–Kier alpha value is -1.80. The van der Waals surface area contributed by atoms with E-state index in [1.54, 1.807) is 24.3 Å². The smallest absolute Gasteiger partial charge is 0.322 e. The molecule has 0 aliphatic heterocycles. The first-order valence-corrected chi connectivity index (χ1v) is 8.33. The molecule has 0 atom stereocenters. The largest absolute Gasteiger partial charge is 0.341 e. The Labute approximate surface area is 134 Å². The van der Waals surface area contributed by atoms with E-state index in [9.17, 15) is 22.0 Å². The first-order chi connectivity index (χ1) is 10.3. The van der Waals surface area contributed by atoms with E-state index in [1.807, 2.05) is 0 Å². The number of halogens is 3. The Bertz CT molecular complexity index is 775. The molecule has 22 heavy (non-hydrogen) atoms. The van der Waals surface area contributed by atoms with Crippen LogP contribution in [0.3, 0.4) is 0 Å². The van der Waals surface area contributed by atoms with E-state index >= 15 is 0 Å². The average molecular weight is 390 g/mol. The van der Waals surface area contributed by atoms with Gasteiger partial charge in [-0.05, 0) is 48.5 Å². The second-order valence-electron chi connectivity index (χ2n) is 4.29. The summed E-state index contributed by atoms with van der Waals surface area (Å²) in [6, 6.07) is 11.2. The molecule has 0 radical (unpaired) electrons. The van der Waals surface area contributed by atoms with E-state index in [1.165, 1.54) is 12.1 Å². The van der Waals surface area contributed by atoms with Gasteiger partial charge < -0.3 is 5.32 Å². The summed E-state index contributed by atoms with van der Waals surface area (Å²) in [5.41, 5.74) is 0.716. The van der Waals surface area contributed by atoms with Crippen molar-refractivity contribution < 1.29 is 22.0 Å². The summed E-state index contributed by atoms with van der Waals surface area (Å²) in [5.74, 6) is -3.96. The highest BCUT2D eigenvalue weighted by atomic mass is 79.9. The number of carbonyl (C=O) groups excluding carboxylic acids is 1. The standard InChI is InChI=1S/C14H10BrF2NO3S/c15-10-3-5-11(6-4-10)18-13(19)9-1-7-12(8-2-9)22(20,21)14(16)17/h1-8,14H,(H,18,19). The fourth-order valence-electron chi connectivity index (χ4n) is 1.64.